The van der Waals surface area contributed by atoms with E-state index in [1.54, 1.807) is 0 Å². The molecule has 1 heterocycles. The minimum atomic E-state index is -0.864. The van der Waals surface area contributed by atoms with E-state index in [9.17, 15) is 9.59 Å². The maximum atomic E-state index is 10.7. The predicted octanol–water partition coefficient (Wildman–Crippen LogP) is 1.24. The van der Waals surface area contributed by atoms with Gasteiger partial charge in [-0.25, -0.2) is 4.79 Å². The summed E-state index contributed by atoms with van der Waals surface area (Å²) in [7, 11) is 0. The Morgan fingerprint density at radius 3 is 2.73 bits per heavy atom. The molecule has 0 aromatic carbocycles. The minimum Gasteiger partial charge on any atom is -0.434 e. The molecule has 0 spiro atoms. The van der Waals surface area contributed by atoms with Crippen molar-refractivity contribution in [3.63, 3.8) is 0 Å². The van der Waals surface area contributed by atoms with Gasteiger partial charge in [0, 0.05) is 6.42 Å². The van der Waals surface area contributed by atoms with E-state index in [2.05, 4.69) is 9.47 Å². The van der Waals surface area contributed by atoms with Gasteiger partial charge >= 0.3 is 12.1 Å². The van der Waals surface area contributed by atoms with Crippen LogP contribution in [-0.2, 0) is 14.3 Å². The van der Waals surface area contributed by atoms with Crippen molar-refractivity contribution in [1.82, 2.24) is 0 Å². The maximum absolute atomic E-state index is 10.7. The van der Waals surface area contributed by atoms with Crippen molar-refractivity contribution in [2.75, 3.05) is 6.61 Å². The Bertz CT molecular complexity index is 146. The number of esters is 1. The zero-order valence-electron chi connectivity index (χ0n) is 6.17. The molecule has 0 atom stereocenters. The number of carbonyl (C=O) groups excluding carboxylic acids is 2. The van der Waals surface area contributed by atoms with Crippen LogP contribution in [-0.4, -0.2) is 18.7 Å². The van der Waals surface area contributed by atoms with Gasteiger partial charge in [-0.2, -0.15) is 0 Å². The van der Waals surface area contributed by atoms with Crippen LogP contribution in [0.2, 0.25) is 0 Å². The summed E-state index contributed by atoms with van der Waals surface area (Å²) >= 11 is 0. The van der Waals surface area contributed by atoms with Crippen molar-refractivity contribution in [2.24, 2.45) is 0 Å². The highest BCUT2D eigenvalue weighted by Crippen LogP contribution is 2.05. The molecule has 0 unspecified atom stereocenters. The molecule has 0 N–H and O–H groups in total. The minimum absolute atomic E-state index is 0.315. The molecule has 0 aromatic heterocycles. The van der Waals surface area contributed by atoms with Gasteiger partial charge in [0.25, 0.3) is 0 Å². The summed E-state index contributed by atoms with van der Waals surface area (Å²) in [5.41, 5.74) is 0. The molecule has 0 saturated carbocycles. The number of carbonyl (C=O) groups is 2. The van der Waals surface area contributed by atoms with Crippen molar-refractivity contribution < 1.29 is 19.1 Å². The third kappa shape index (κ3) is 3.02. The quantitative estimate of drug-likeness (QED) is 0.393. The van der Waals surface area contributed by atoms with Gasteiger partial charge in [0.1, 0.15) is 0 Å². The zero-order chi connectivity index (χ0) is 8.10. The molecule has 0 aromatic rings. The number of ether oxygens (including phenoxy) is 2. The number of cyclic esters (lactones) is 3. The van der Waals surface area contributed by atoms with E-state index >= 15 is 0 Å². The Labute approximate surface area is 64.5 Å². The predicted molar refractivity (Wildman–Crippen MR) is 35.9 cm³/mol. The topological polar surface area (TPSA) is 52.6 Å². The van der Waals surface area contributed by atoms with Crippen molar-refractivity contribution in [3.05, 3.63) is 0 Å². The first kappa shape index (κ1) is 8.04. The molecule has 0 aliphatic carbocycles. The van der Waals surface area contributed by atoms with E-state index in [1.807, 2.05) is 0 Å². The van der Waals surface area contributed by atoms with Gasteiger partial charge in [0.15, 0.2) is 0 Å². The van der Waals surface area contributed by atoms with Gasteiger partial charge in [0.05, 0.1) is 6.61 Å². The Hall–Kier alpha value is -1.06. The highest BCUT2D eigenvalue weighted by molar-refractivity contribution is 5.81. The first-order valence-electron chi connectivity index (χ1n) is 3.66. The third-order valence-corrected chi connectivity index (χ3v) is 1.44. The maximum Gasteiger partial charge on any atom is 0.516 e. The van der Waals surface area contributed by atoms with Crippen LogP contribution in [0, 0.1) is 0 Å². The number of rotatable bonds is 0. The van der Waals surface area contributed by atoms with Crippen LogP contribution in [0.15, 0.2) is 0 Å². The molecule has 1 fully saturated rings. The number of hydrogen-bond donors (Lipinski definition) is 0. The lowest BCUT2D eigenvalue weighted by atomic mass is 10.2. The Balaban J connectivity index is 2.39. The monoisotopic (exact) mass is 158 g/mol. The molecule has 11 heavy (non-hydrogen) atoms. The summed E-state index contributed by atoms with van der Waals surface area (Å²) in [6.45, 7) is 0.353. The molecule has 0 bridgehead atoms. The lowest BCUT2D eigenvalue weighted by molar-refractivity contribution is -0.139. The largest absolute Gasteiger partial charge is 0.516 e. The van der Waals surface area contributed by atoms with Gasteiger partial charge in [0.2, 0.25) is 0 Å². The fourth-order valence-corrected chi connectivity index (χ4v) is 0.877. The van der Waals surface area contributed by atoms with Crippen molar-refractivity contribution in [1.29, 1.82) is 0 Å². The molecular formula is C7H10O4. The summed E-state index contributed by atoms with van der Waals surface area (Å²) < 4.78 is 8.82. The van der Waals surface area contributed by atoms with Gasteiger partial charge < -0.3 is 9.47 Å². The van der Waals surface area contributed by atoms with Gasteiger partial charge in [-0.05, 0) is 19.3 Å². The summed E-state index contributed by atoms with van der Waals surface area (Å²) in [4.78, 5) is 21.2. The van der Waals surface area contributed by atoms with E-state index in [1.165, 1.54) is 0 Å². The van der Waals surface area contributed by atoms with E-state index in [4.69, 9.17) is 0 Å². The Morgan fingerprint density at radius 1 is 1.09 bits per heavy atom. The molecule has 1 rings (SSSR count). The molecule has 62 valence electrons. The van der Waals surface area contributed by atoms with Crippen molar-refractivity contribution in [2.45, 2.75) is 25.7 Å². The van der Waals surface area contributed by atoms with Crippen LogP contribution in [0.5, 0.6) is 0 Å². The second-order valence-electron chi connectivity index (χ2n) is 2.38. The summed E-state index contributed by atoms with van der Waals surface area (Å²) in [6, 6.07) is 0. The molecule has 1 aliphatic heterocycles. The first-order chi connectivity index (χ1) is 5.29. The molecule has 0 radical (unpaired) electrons. The number of hydrogen-bond acceptors (Lipinski definition) is 4. The van der Waals surface area contributed by atoms with Crippen molar-refractivity contribution in [3.8, 4) is 0 Å². The van der Waals surface area contributed by atoms with E-state index in [0.717, 1.165) is 19.3 Å². The smallest absolute Gasteiger partial charge is 0.434 e. The fraction of sp³-hybridized carbons (Fsp3) is 0.714. The van der Waals surface area contributed by atoms with E-state index in [-0.39, 0.29) is 0 Å². The normalized spacial score (nSPS) is 20.7. The van der Waals surface area contributed by atoms with Crippen LogP contribution in [0.3, 0.4) is 0 Å². The second kappa shape index (κ2) is 3.95. The average Bonchev–Trinajstić information content (AvgIpc) is 2.02. The van der Waals surface area contributed by atoms with E-state index in [0.29, 0.717) is 13.0 Å². The Morgan fingerprint density at radius 2 is 1.91 bits per heavy atom. The fourth-order valence-electron chi connectivity index (χ4n) is 0.877. The first-order valence-corrected chi connectivity index (χ1v) is 3.66. The van der Waals surface area contributed by atoms with Crippen LogP contribution in [0.25, 0.3) is 0 Å². The van der Waals surface area contributed by atoms with Crippen LogP contribution >= 0.6 is 0 Å². The molecular weight excluding hydrogens is 148 g/mol. The highest BCUT2D eigenvalue weighted by atomic mass is 16.7. The van der Waals surface area contributed by atoms with Crippen LogP contribution < -0.4 is 0 Å². The molecule has 4 nitrogen and oxygen atoms in total. The van der Waals surface area contributed by atoms with Gasteiger partial charge in [-0.15, -0.1) is 0 Å². The van der Waals surface area contributed by atoms with E-state index < -0.39 is 12.1 Å². The Kier molecular flexibility index (Phi) is 2.89. The summed E-state index contributed by atoms with van der Waals surface area (Å²) in [6.07, 6.45) is 1.94. The van der Waals surface area contributed by atoms with Crippen LogP contribution in [0.1, 0.15) is 25.7 Å². The lowest BCUT2D eigenvalue weighted by Crippen LogP contribution is -2.12. The molecule has 4 heteroatoms. The summed E-state index contributed by atoms with van der Waals surface area (Å²) in [5.74, 6) is -0.489. The molecule has 1 aliphatic rings. The SMILES string of the molecule is O=C1CCCCCOC(=O)O1. The van der Waals surface area contributed by atoms with Crippen molar-refractivity contribution >= 4 is 12.1 Å². The summed E-state index contributed by atoms with van der Waals surface area (Å²) in [5, 5.41) is 0. The zero-order valence-corrected chi connectivity index (χ0v) is 6.17. The lowest BCUT2D eigenvalue weighted by Gasteiger charge is -1.99. The third-order valence-electron chi connectivity index (χ3n) is 1.44. The standard InChI is InChI=1S/C7H10O4/c8-6-4-2-1-3-5-10-7(9)11-6/h1-5H2. The van der Waals surface area contributed by atoms with Gasteiger partial charge in [-0.3, -0.25) is 4.79 Å². The average molecular weight is 158 g/mol. The van der Waals surface area contributed by atoms with Crippen LogP contribution in [0.4, 0.5) is 4.79 Å². The molecule has 0 amide bonds. The second-order valence-corrected chi connectivity index (χ2v) is 2.38. The highest BCUT2D eigenvalue weighted by Gasteiger charge is 2.12. The molecule has 1 saturated heterocycles. The van der Waals surface area contributed by atoms with Gasteiger partial charge in [-0.1, -0.05) is 0 Å².